The first-order valence-electron chi connectivity index (χ1n) is 9.49. The van der Waals surface area contributed by atoms with E-state index in [-0.39, 0.29) is 28.2 Å². The number of hydrogen-bond donors (Lipinski definition) is 1. The van der Waals surface area contributed by atoms with E-state index < -0.39 is 29.5 Å². The Kier molecular flexibility index (Phi) is 5.53. The number of alkyl halides is 6. The number of benzene rings is 2. The lowest BCUT2D eigenvalue weighted by atomic mass is 10.1. The van der Waals surface area contributed by atoms with Crippen LogP contribution in [0.3, 0.4) is 0 Å². The van der Waals surface area contributed by atoms with Crippen LogP contribution in [0.1, 0.15) is 32.9 Å². The van der Waals surface area contributed by atoms with Crippen molar-refractivity contribution in [3.63, 3.8) is 0 Å². The summed E-state index contributed by atoms with van der Waals surface area (Å²) in [6.45, 7) is 0. The Balaban J connectivity index is 1.75. The molecule has 0 saturated heterocycles. The van der Waals surface area contributed by atoms with Crippen LogP contribution in [0.25, 0.3) is 16.9 Å². The minimum atomic E-state index is -4.82. The first-order chi connectivity index (χ1) is 15.9. The minimum Gasteiger partial charge on any atom is -0.366 e. The molecule has 0 saturated carbocycles. The summed E-state index contributed by atoms with van der Waals surface area (Å²) in [7, 11) is 0. The Morgan fingerprint density at radius 3 is 2.06 bits per heavy atom. The van der Waals surface area contributed by atoms with Crippen LogP contribution in [0.4, 0.5) is 26.3 Å². The maximum absolute atomic E-state index is 13.7. The number of carbonyl (C=O) groups excluding carboxylic acids is 1. The summed E-state index contributed by atoms with van der Waals surface area (Å²) in [5.41, 5.74) is 3.52. The van der Waals surface area contributed by atoms with Crippen LogP contribution >= 0.6 is 0 Å². The maximum atomic E-state index is 13.7. The van der Waals surface area contributed by atoms with Crippen molar-refractivity contribution in [2.45, 2.75) is 12.4 Å². The van der Waals surface area contributed by atoms with Crippen LogP contribution in [-0.4, -0.2) is 20.5 Å². The summed E-state index contributed by atoms with van der Waals surface area (Å²) >= 11 is 0. The van der Waals surface area contributed by atoms with Crippen molar-refractivity contribution in [3.8, 4) is 23.1 Å². The predicted molar refractivity (Wildman–Crippen MR) is 109 cm³/mol. The monoisotopic (exact) mass is 474 g/mol. The fraction of sp³-hybridized carbons (Fsp3) is 0.0870. The van der Waals surface area contributed by atoms with Crippen LogP contribution in [-0.2, 0) is 12.4 Å². The molecule has 172 valence electrons. The predicted octanol–water partition coefficient (Wildman–Crippen LogP) is 4.93. The Labute approximate surface area is 187 Å². The number of hydrogen-bond acceptors (Lipinski definition) is 3. The van der Waals surface area contributed by atoms with E-state index in [1.54, 1.807) is 0 Å². The quantitative estimate of drug-likeness (QED) is 0.331. The van der Waals surface area contributed by atoms with Gasteiger partial charge in [0.1, 0.15) is 5.69 Å². The fourth-order valence-corrected chi connectivity index (χ4v) is 3.07. The Morgan fingerprint density at radius 2 is 1.50 bits per heavy atom. The smallest absolute Gasteiger partial charge is 0.366 e. The molecule has 0 bridgehead atoms. The van der Waals surface area contributed by atoms with Gasteiger partial charge >= 0.3 is 12.4 Å². The lowest BCUT2D eigenvalue weighted by molar-refractivity contribution is -0.142. The molecule has 2 aromatic heterocycles. The molecule has 1 amide bonds. The molecule has 2 N–H and O–H groups in total. The summed E-state index contributed by atoms with van der Waals surface area (Å²) in [5.74, 6) is 4.73. The summed E-state index contributed by atoms with van der Waals surface area (Å²) in [6.07, 6.45) is -9.39. The minimum absolute atomic E-state index is 0.0125. The van der Waals surface area contributed by atoms with E-state index in [9.17, 15) is 31.1 Å². The first kappa shape index (κ1) is 22.8. The summed E-state index contributed by atoms with van der Waals surface area (Å²) in [6, 6.07) is 11.5. The van der Waals surface area contributed by atoms with Crippen molar-refractivity contribution in [3.05, 3.63) is 88.7 Å². The third kappa shape index (κ3) is 4.71. The van der Waals surface area contributed by atoms with Gasteiger partial charge in [0.15, 0.2) is 11.3 Å². The SMILES string of the molecule is NC(=O)c1ccc(C#Cc2cc3nc(-c4ccc(C(F)(F)F)cc4)cc(C(F)(F)F)n3n2)cc1. The van der Waals surface area contributed by atoms with Crippen molar-refractivity contribution in [1.29, 1.82) is 0 Å². The van der Waals surface area contributed by atoms with Gasteiger partial charge in [-0.2, -0.15) is 31.4 Å². The molecule has 0 atom stereocenters. The topological polar surface area (TPSA) is 73.3 Å². The highest BCUT2D eigenvalue weighted by atomic mass is 19.4. The normalized spacial score (nSPS) is 11.8. The first-order valence-corrected chi connectivity index (χ1v) is 9.49. The van der Waals surface area contributed by atoms with Crippen LogP contribution < -0.4 is 5.73 Å². The van der Waals surface area contributed by atoms with Gasteiger partial charge in [0.05, 0.1) is 11.3 Å². The Hall–Kier alpha value is -4.33. The summed E-state index contributed by atoms with van der Waals surface area (Å²) < 4.78 is 80.0. The second kappa shape index (κ2) is 8.22. The van der Waals surface area contributed by atoms with Crippen LogP contribution in [0, 0.1) is 11.8 Å². The van der Waals surface area contributed by atoms with Gasteiger partial charge in [-0.05, 0) is 48.4 Å². The molecule has 5 nitrogen and oxygen atoms in total. The van der Waals surface area contributed by atoms with Crippen molar-refractivity contribution < 1.29 is 31.1 Å². The van der Waals surface area contributed by atoms with E-state index in [0.717, 1.165) is 24.3 Å². The molecule has 0 unspecified atom stereocenters. The highest BCUT2D eigenvalue weighted by molar-refractivity contribution is 5.92. The van der Waals surface area contributed by atoms with Gasteiger partial charge < -0.3 is 5.73 Å². The Morgan fingerprint density at radius 1 is 0.853 bits per heavy atom. The Bertz CT molecular complexity index is 1440. The molecule has 0 spiro atoms. The molecule has 0 fully saturated rings. The van der Waals surface area contributed by atoms with E-state index in [1.807, 2.05) is 0 Å². The number of carbonyl (C=O) groups is 1. The van der Waals surface area contributed by atoms with Gasteiger partial charge in [0, 0.05) is 22.8 Å². The second-order valence-corrected chi connectivity index (χ2v) is 7.09. The zero-order chi connectivity index (χ0) is 24.7. The van der Waals surface area contributed by atoms with Crippen LogP contribution in [0.2, 0.25) is 0 Å². The van der Waals surface area contributed by atoms with Crippen molar-refractivity contribution in [2.24, 2.45) is 5.73 Å². The zero-order valence-electron chi connectivity index (χ0n) is 16.9. The van der Waals surface area contributed by atoms with E-state index in [4.69, 9.17) is 5.73 Å². The highest BCUT2D eigenvalue weighted by Crippen LogP contribution is 2.34. The van der Waals surface area contributed by atoms with Gasteiger partial charge in [-0.25, -0.2) is 9.50 Å². The molecule has 2 heterocycles. The third-order valence-electron chi connectivity index (χ3n) is 4.73. The number of rotatable bonds is 2. The number of fused-ring (bicyclic) bond motifs is 1. The highest BCUT2D eigenvalue weighted by Gasteiger charge is 2.35. The largest absolute Gasteiger partial charge is 0.433 e. The maximum Gasteiger partial charge on any atom is 0.433 e. The molecular weight excluding hydrogens is 462 g/mol. The fourth-order valence-electron chi connectivity index (χ4n) is 3.07. The van der Waals surface area contributed by atoms with Gasteiger partial charge in [-0.3, -0.25) is 4.79 Å². The lowest BCUT2D eigenvalue weighted by Gasteiger charge is -2.11. The number of nitrogens with zero attached hydrogens (tertiary/aromatic N) is 3. The van der Waals surface area contributed by atoms with Crippen LogP contribution in [0.5, 0.6) is 0 Å². The number of amides is 1. The van der Waals surface area contributed by atoms with Gasteiger partial charge in [0.25, 0.3) is 0 Å². The number of halogens is 6. The van der Waals surface area contributed by atoms with Crippen LogP contribution in [0.15, 0.2) is 60.7 Å². The van der Waals surface area contributed by atoms with E-state index in [1.165, 1.54) is 30.3 Å². The molecule has 0 radical (unpaired) electrons. The van der Waals surface area contributed by atoms with Crippen molar-refractivity contribution in [2.75, 3.05) is 0 Å². The second-order valence-electron chi connectivity index (χ2n) is 7.09. The molecule has 4 rings (SSSR count). The third-order valence-corrected chi connectivity index (χ3v) is 4.73. The summed E-state index contributed by atoms with van der Waals surface area (Å²) in [4.78, 5) is 15.2. The average molecular weight is 474 g/mol. The molecular formula is C23H12F6N4O. The van der Waals surface area contributed by atoms with E-state index in [0.29, 0.717) is 16.1 Å². The number of primary amides is 1. The summed E-state index contributed by atoms with van der Waals surface area (Å²) in [5, 5.41) is 3.86. The molecule has 0 aliphatic carbocycles. The number of nitrogens with two attached hydrogens (primary N) is 1. The number of aromatic nitrogens is 3. The van der Waals surface area contributed by atoms with E-state index >= 15 is 0 Å². The van der Waals surface area contributed by atoms with Gasteiger partial charge in [-0.1, -0.05) is 18.1 Å². The zero-order valence-corrected chi connectivity index (χ0v) is 16.9. The van der Waals surface area contributed by atoms with Gasteiger partial charge in [-0.15, -0.1) is 0 Å². The van der Waals surface area contributed by atoms with Gasteiger partial charge in [0.2, 0.25) is 5.91 Å². The standard InChI is InChI=1S/C23H12F6N4O/c24-22(25,26)16-8-6-14(7-9-16)18-12-19(23(27,28)29)33-20(31-18)11-17(32-33)10-3-13-1-4-15(5-2-13)21(30)34/h1-2,4-9,11-12H,(H2,30,34). The molecule has 0 aliphatic rings. The average Bonchev–Trinajstić information content (AvgIpc) is 3.19. The molecule has 4 aromatic rings. The van der Waals surface area contributed by atoms with Crippen molar-refractivity contribution in [1.82, 2.24) is 14.6 Å². The molecule has 34 heavy (non-hydrogen) atoms. The molecule has 0 aliphatic heterocycles. The lowest BCUT2D eigenvalue weighted by Crippen LogP contribution is -2.13. The molecule has 2 aromatic carbocycles. The molecule has 11 heteroatoms. The van der Waals surface area contributed by atoms with Crippen molar-refractivity contribution >= 4 is 11.6 Å². The van der Waals surface area contributed by atoms with E-state index in [2.05, 4.69) is 21.9 Å².